The number of hydrogen-bond donors (Lipinski definition) is 1. The van der Waals surface area contributed by atoms with Crippen molar-refractivity contribution in [3.05, 3.63) is 63.5 Å². The first-order valence-electron chi connectivity index (χ1n) is 8.43. The van der Waals surface area contributed by atoms with Gasteiger partial charge in [-0.05, 0) is 38.1 Å². The van der Waals surface area contributed by atoms with Gasteiger partial charge in [0.2, 0.25) is 0 Å². The van der Waals surface area contributed by atoms with Gasteiger partial charge in [0.15, 0.2) is 0 Å². The largest absolute Gasteiger partial charge is 0.484 e. The van der Waals surface area contributed by atoms with Gasteiger partial charge in [-0.2, -0.15) is 13.2 Å². The number of nitrogens with one attached hydrogen (secondary N) is 1. The first-order chi connectivity index (χ1) is 13.6. The predicted molar refractivity (Wildman–Crippen MR) is 96.7 cm³/mol. The fourth-order valence-corrected chi connectivity index (χ4v) is 2.84. The van der Waals surface area contributed by atoms with Crippen LogP contribution in [-0.2, 0) is 10.9 Å². The summed E-state index contributed by atoms with van der Waals surface area (Å²) in [6.45, 7) is 2.90. The van der Waals surface area contributed by atoms with Crippen LogP contribution in [-0.4, -0.2) is 28.0 Å². The molecule has 0 aliphatic carbocycles. The number of H-pyrrole nitrogens is 1. The molecule has 0 fully saturated rings. The average molecular weight is 407 g/mol. The van der Waals surface area contributed by atoms with E-state index in [1.165, 1.54) is 39.3 Å². The average Bonchev–Trinajstić information content (AvgIpc) is 2.66. The van der Waals surface area contributed by atoms with Gasteiger partial charge in [-0.1, -0.05) is 0 Å². The van der Waals surface area contributed by atoms with Crippen LogP contribution < -0.4 is 10.3 Å². The minimum Gasteiger partial charge on any atom is -0.484 e. The molecule has 0 saturated carbocycles. The number of aryl methyl sites for hydroxylation is 1. The van der Waals surface area contributed by atoms with Crippen molar-refractivity contribution in [3.8, 4) is 5.75 Å². The van der Waals surface area contributed by atoms with Gasteiger partial charge in [0.25, 0.3) is 5.56 Å². The number of fused-ring (bicyclic) bond motifs is 1. The first-order valence-corrected chi connectivity index (χ1v) is 8.43. The van der Waals surface area contributed by atoms with Crippen molar-refractivity contribution in [1.29, 1.82) is 0 Å². The quantitative estimate of drug-likeness (QED) is 0.665. The number of nitrogens with zero attached hydrogens (tertiary/aromatic N) is 2. The number of hydrogen-bond acceptors (Lipinski definition) is 6. The number of carbonyl (C=O) groups excluding carboxylic acids is 1. The topological polar surface area (TPSA) is 94.2 Å². The van der Waals surface area contributed by atoms with E-state index in [2.05, 4.69) is 19.7 Å². The lowest BCUT2D eigenvalue weighted by Gasteiger charge is -2.20. The van der Waals surface area contributed by atoms with Crippen molar-refractivity contribution in [2.24, 2.45) is 0 Å². The third kappa shape index (κ3) is 4.20. The second-order valence-corrected chi connectivity index (χ2v) is 6.24. The Bertz CT molecular complexity index is 1120. The maximum absolute atomic E-state index is 13.6. The van der Waals surface area contributed by atoms with Crippen molar-refractivity contribution in [2.75, 3.05) is 7.11 Å². The molecule has 7 nitrogen and oxygen atoms in total. The Morgan fingerprint density at radius 3 is 2.55 bits per heavy atom. The molecule has 152 valence electrons. The Morgan fingerprint density at radius 2 is 1.97 bits per heavy atom. The fourth-order valence-electron chi connectivity index (χ4n) is 2.84. The number of aromatic amines is 1. The van der Waals surface area contributed by atoms with Crippen LogP contribution in [0.2, 0.25) is 0 Å². The number of methoxy groups -OCH3 is 1. The summed E-state index contributed by atoms with van der Waals surface area (Å²) in [4.78, 5) is 33.9. The number of alkyl halides is 3. The molecular formula is C19H16F3N3O4. The maximum atomic E-state index is 13.6. The van der Waals surface area contributed by atoms with Crippen molar-refractivity contribution < 1.29 is 27.4 Å². The molecular weight excluding hydrogens is 391 g/mol. The lowest BCUT2D eigenvalue weighted by molar-refractivity contribution is -0.138. The number of aromatic nitrogens is 3. The molecule has 0 aliphatic rings. The molecule has 0 spiro atoms. The highest BCUT2D eigenvalue weighted by molar-refractivity contribution is 5.87. The van der Waals surface area contributed by atoms with Crippen LogP contribution >= 0.6 is 0 Å². The molecule has 29 heavy (non-hydrogen) atoms. The lowest BCUT2D eigenvalue weighted by atomic mass is 10.00. The highest BCUT2D eigenvalue weighted by Crippen LogP contribution is 2.37. The van der Waals surface area contributed by atoms with Gasteiger partial charge in [0.1, 0.15) is 23.4 Å². The molecule has 3 aromatic rings. The third-order valence-electron chi connectivity index (χ3n) is 4.18. The number of esters is 1. The zero-order chi connectivity index (χ0) is 21.3. The highest BCUT2D eigenvalue weighted by Gasteiger charge is 2.36. The molecule has 0 amide bonds. The number of halogens is 3. The van der Waals surface area contributed by atoms with Crippen molar-refractivity contribution in [1.82, 2.24) is 15.0 Å². The molecule has 0 bridgehead atoms. The van der Waals surface area contributed by atoms with Gasteiger partial charge in [-0.15, -0.1) is 0 Å². The Hall–Kier alpha value is -3.43. The van der Waals surface area contributed by atoms with Crippen LogP contribution in [0.25, 0.3) is 10.9 Å². The van der Waals surface area contributed by atoms with Gasteiger partial charge in [-0.3, -0.25) is 4.79 Å². The zero-order valence-electron chi connectivity index (χ0n) is 15.6. The van der Waals surface area contributed by atoms with Gasteiger partial charge in [0.05, 0.1) is 29.8 Å². The molecule has 2 heterocycles. The van der Waals surface area contributed by atoms with Crippen molar-refractivity contribution in [2.45, 2.75) is 26.1 Å². The molecule has 10 heteroatoms. The zero-order valence-corrected chi connectivity index (χ0v) is 15.6. The van der Waals surface area contributed by atoms with Crippen LogP contribution in [0.1, 0.15) is 40.5 Å². The van der Waals surface area contributed by atoms with Gasteiger partial charge in [0, 0.05) is 5.56 Å². The van der Waals surface area contributed by atoms with E-state index < -0.39 is 29.4 Å². The molecule has 0 radical (unpaired) electrons. The molecule has 1 N–H and O–H groups in total. The summed E-state index contributed by atoms with van der Waals surface area (Å²) in [5, 5.41) is 0.0215. The Labute approximate surface area is 162 Å². The van der Waals surface area contributed by atoms with Gasteiger partial charge < -0.3 is 14.5 Å². The van der Waals surface area contributed by atoms with Crippen LogP contribution in [0.3, 0.4) is 0 Å². The van der Waals surface area contributed by atoms with Crippen LogP contribution in [0.5, 0.6) is 5.75 Å². The summed E-state index contributed by atoms with van der Waals surface area (Å²) < 4.78 is 51.0. The van der Waals surface area contributed by atoms with Crippen molar-refractivity contribution >= 4 is 16.9 Å². The second kappa shape index (κ2) is 7.53. The molecule has 1 unspecified atom stereocenters. The SMILES string of the molecule is COC(=O)c1ccc(OC(C)c2cc3c(=O)[nH]c(C)nc3cc2C(F)(F)F)cn1. The van der Waals surface area contributed by atoms with E-state index in [1.807, 2.05) is 0 Å². The van der Waals surface area contributed by atoms with E-state index in [4.69, 9.17) is 4.74 Å². The predicted octanol–water partition coefficient (Wildman–Crippen LogP) is 3.57. The second-order valence-electron chi connectivity index (χ2n) is 6.24. The number of carbonyl (C=O) groups is 1. The highest BCUT2D eigenvalue weighted by atomic mass is 19.4. The van der Waals surface area contributed by atoms with Crippen molar-refractivity contribution in [3.63, 3.8) is 0 Å². The first kappa shape index (κ1) is 20.3. The molecule has 0 aliphatic heterocycles. The number of rotatable bonds is 4. The number of ether oxygens (including phenoxy) is 2. The molecule has 0 saturated heterocycles. The van der Waals surface area contributed by atoms with Crippen LogP contribution in [0.15, 0.2) is 35.3 Å². The minimum atomic E-state index is -4.67. The summed E-state index contributed by atoms with van der Waals surface area (Å²) in [6.07, 6.45) is -4.54. The summed E-state index contributed by atoms with van der Waals surface area (Å²) in [6, 6.07) is 4.69. The number of benzene rings is 1. The summed E-state index contributed by atoms with van der Waals surface area (Å²) in [7, 11) is 1.20. The molecule has 3 rings (SSSR count). The fraction of sp³-hybridized carbons (Fsp3) is 0.263. The summed E-state index contributed by atoms with van der Waals surface area (Å²) in [5.41, 5.74) is -1.74. The summed E-state index contributed by atoms with van der Waals surface area (Å²) >= 11 is 0. The maximum Gasteiger partial charge on any atom is 0.416 e. The van der Waals surface area contributed by atoms with Gasteiger partial charge in [-0.25, -0.2) is 14.8 Å². The molecule has 2 aromatic heterocycles. The Morgan fingerprint density at radius 1 is 1.24 bits per heavy atom. The van der Waals surface area contributed by atoms with E-state index >= 15 is 0 Å². The van der Waals surface area contributed by atoms with E-state index in [-0.39, 0.29) is 33.7 Å². The molecule has 1 aromatic carbocycles. The smallest absolute Gasteiger partial charge is 0.416 e. The minimum absolute atomic E-state index is 0.0215. The third-order valence-corrected chi connectivity index (χ3v) is 4.18. The van der Waals surface area contributed by atoms with E-state index in [0.717, 1.165) is 12.1 Å². The van der Waals surface area contributed by atoms with E-state index in [1.54, 1.807) is 0 Å². The Kier molecular flexibility index (Phi) is 5.27. The number of pyridine rings is 1. The van der Waals surface area contributed by atoms with E-state index in [0.29, 0.717) is 0 Å². The lowest BCUT2D eigenvalue weighted by Crippen LogP contribution is -2.17. The standard InChI is InChI=1S/C19H16F3N3O4/c1-9(29-11-4-5-15(23-8-11)18(27)28-3)12-6-13-16(7-14(12)19(20,21)22)24-10(2)25-17(13)26/h4-9H,1-3H3,(H,24,25,26). The van der Waals surface area contributed by atoms with Crippen LogP contribution in [0, 0.1) is 6.92 Å². The molecule has 1 atom stereocenters. The van der Waals surface area contributed by atoms with Gasteiger partial charge >= 0.3 is 12.1 Å². The van der Waals surface area contributed by atoms with E-state index in [9.17, 15) is 22.8 Å². The summed E-state index contributed by atoms with van der Waals surface area (Å²) in [5.74, 6) is -0.292. The monoisotopic (exact) mass is 407 g/mol. The normalized spacial score (nSPS) is 12.6. The Balaban J connectivity index is 2.03. The van der Waals surface area contributed by atoms with Crippen LogP contribution in [0.4, 0.5) is 13.2 Å².